The van der Waals surface area contributed by atoms with Crippen LogP contribution in [-0.4, -0.2) is 41.1 Å². The molecule has 0 bridgehead atoms. The molecular weight excluding hydrogens is 437 g/mol. The number of aryl methyl sites for hydroxylation is 1. The summed E-state index contributed by atoms with van der Waals surface area (Å²) in [6.07, 6.45) is 1.35. The summed E-state index contributed by atoms with van der Waals surface area (Å²) < 4.78 is 40.7. The van der Waals surface area contributed by atoms with Gasteiger partial charge in [-0.3, -0.25) is 19.7 Å². The van der Waals surface area contributed by atoms with Crippen LogP contribution in [0, 0.1) is 6.92 Å². The Morgan fingerprint density at radius 2 is 1.91 bits per heavy atom. The maximum Gasteiger partial charge on any atom is 0.453 e. The van der Waals surface area contributed by atoms with Crippen LogP contribution in [-0.2, 0) is 6.18 Å². The quantitative estimate of drug-likeness (QED) is 0.492. The van der Waals surface area contributed by atoms with Gasteiger partial charge in [-0.15, -0.1) is 5.10 Å². The van der Waals surface area contributed by atoms with Crippen molar-refractivity contribution in [3.8, 4) is 16.9 Å². The van der Waals surface area contributed by atoms with E-state index in [4.69, 9.17) is 0 Å². The lowest BCUT2D eigenvalue weighted by atomic mass is 10.0. The first-order valence-corrected chi connectivity index (χ1v) is 9.73. The number of tetrazole rings is 1. The summed E-state index contributed by atoms with van der Waals surface area (Å²) in [6.45, 7) is 3.58. The molecule has 0 saturated carbocycles. The van der Waals surface area contributed by atoms with Gasteiger partial charge in [0, 0.05) is 29.7 Å². The number of nitrogens with zero attached hydrogens (tertiary/aromatic N) is 7. The number of aromatic nitrogens is 7. The third-order valence-electron chi connectivity index (χ3n) is 4.73. The molecule has 0 radical (unpaired) electrons. The molecule has 3 aromatic heterocycles. The van der Waals surface area contributed by atoms with E-state index in [0.717, 1.165) is 5.56 Å². The van der Waals surface area contributed by atoms with Crippen LogP contribution < -0.4 is 5.32 Å². The van der Waals surface area contributed by atoms with E-state index in [9.17, 15) is 18.0 Å². The second-order valence-electron chi connectivity index (χ2n) is 7.23. The van der Waals surface area contributed by atoms with Gasteiger partial charge in [0.25, 0.3) is 11.7 Å². The number of halogens is 3. The van der Waals surface area contributed by atoms with Crippen molar-refractivity contribution in [2.45, 2.75) is 26.1 Å². The van der Waals surface area contributed by atoms with E-state index in [0.29, 0.717) is 21.6 Å². The lowest BCUT2D eigenvalue weighted by Crippen LogP contribution is -2.27. The molecule has 0 aliphatic rings. The van der Waals surface area contributed by atoms with Crippen LogP contribution in [0.4, 0.5) is 13.2 Å². The van der Waals surface area contributed by atoms with Gasteiger partial charge in [0.05, 0.1) is 29.3 Å². The highest BCUT2D eigenvalue weighted by Gasteiger charge is 2.38. The number of nitrogens with one attached hydrogen (secondary N) is 1. The first-order chi connectivity index (χ1) is 15.7. The van der Waals surface area contributed by atoms with E-state index in [1.165, 1.54) is 36.8 Å². The fourth-order valence-electron chi connectivity index (χ4n) is 3.08. The first-order valence-electron chi connectivity index (χ1n) is 9.73. The number of rotatable bonds is 5. The molecule has 1 N–H and O–H groups in total. The smallest absolute Gasteiger partial charge is 0.344 e. The predicted octanol–water partition coefficient (Wildman–Crippen LogP) is 3.33. The normalized spacial score (nSPS) is 12.4. The molecule has 4 aromatic rings. The largest absolute Gasteiger partial charge is 0.453 e. The Kier molecular flexibility index (Phi) is 5.82. The van der Waals surface area contributed by atoms with Crippen LogP contribution in [0.5, 0.6) is 0 Å². The minimum atomic E-state index is -4.79. The number of hydrogen-bond donors (Lipinski definition) is 1. The van der Waals surface area contributed by atoms with Gasteiger partial charge in [-0.05, 0) is 54.1 Å². The molecule has 0 saturated heterocycles. The number of hydrogen-bond acceptors (Lipinski definition) is 7. The van der Waals surface area contributed by atoms with Gasteiger partial charge in [-0.25, -0.2) is 0 Å². The average Bonchev–Trinajstić information content (AvgIpc) is 3.31. The Morgan fingerprint density at radius 1 is 1.09 bits per heavy atom. The van der Waals surface area contributed by atoms with Crippen molar-refractivity contribution in [1.82, 2.24) is 40.5 Å². The molecule has 0 aliphatic heterocycles. The highest BCUT2D eigenvalue weighted by molar-refractivity contribution is 5.96. The Bertz CT molecular complexity index is 1270. The van der Waals surface area contributed by atoms with Crippen LogP contribution in [0.25, 0.3) is 16.9 Å². The minimum Gasteiger partial charge on any atom is -0.344 e. The van der Waals surface area contributed by atoms with Gasteiger partial charge >= 0.3 is 6.18 Å². The minimum absolute atomic E-state index is 0.0375. The van der Waals surface area contributed by atoms with Gasteiger partial charge in [0.2, 0.25) is 0 Å². The highest BCUT2D eigenvalue weighted by Crippen LogP contribution is 2.30. The zero-order valence-electron chi connectivity index (χ0n) is 17.4. The number of carbonyl (C=O) groups excluding carboxylic acids is 1. The van der Waals surface area contributed by atoms with E-state index in [2.05, 4.69) is 35.8 Å². The molecule has 1 aromatic carbocycles. The van der Waals surface area contributed by atoms with E-state index >= 15 is 0 Å². The number of amides is 1. The van der Waals surface area contributed by atoms with E-state index in [1.54, 1.807) is 19.2 Å². The number of benzene rings is 1. The van der Waals surface area contributed by atoms with Crippen molar-refractivity contribution in [2.75, 3.05) is 0 Å². The molecular formula is C21H17F3N8O. The van der Waals surface area contributed by atoms with Crippen LogP contribution in [0.15, 0.2) is 55.1 Å². The van der Waals surface area contributed by atoms with Crippen molar-refractivity contribution in [2.24, 2.45) is 0 Å². The molecule has 12 heteroatoms. The van der Waals surface area contributed by atoms with Gasteiger partial charge in [0.15, 0.2) is 0 Å². The summed E-state index contributed by atoms with van der Waals surface area (Å²) in [4.78, 5) is 25.5. The summed E-state index contributed by atoms with van der Waals surface area (Å²) in [7, 11) is 0. The molecule has 0 spiro atoms. The van der Waals surface area contributed by atoms with Crippen LogP contribution in [0.3, 0.4) is 0 Å². The summed E-state index contributed by atoms with van der Waals surface area (Å²) in [5, 5.41) is 12.5. The van der Waals surface area contributed by atoms with Gasteiger partial charge in [0.1, 0.15) is 0 Å². The lowest BCUT2D eigenvalue weighted by molar-refractivity contribution is -0.146. The van der Waals surface area contributed by atoms with Crippen molar-refractivity contribution in [1.29, 1.82) is 0 Å². The zero-order chi connectivity index (χ0) is 23.6. The Labute approximate surface area is 185 Å². The maximum atomic E-state index is 13.4. The molecule has 33 heavy (non-hydrogen) atoms. The molecule has 0 fully saturated rings. The Morgan fingerprint density at radius 3 is 2.58 bits per heavy atom. The van der Waals surface area contributed by atoms with Crippen LogP contribution >= 0.6 is 0 Å². The van der Waals surface area contributed by atoms with Gasteiger partial charge in [-0.1, -0.05) is 6.07 Å². The summed E-state index contributed by atoms with van der Waals surface area (Å²) in [5.74, 6) is -1.83. The second kappa shape index (κ2) is 8.73. The van der Waals surface area contributed by atoms with Crippen LogP contribution in [0.1, 0.15) is 40.4 Å². The summed E-state index contributed by atoms with van der Waals surface area (Å²) >= 11 is 0. The van der Waals surface area contributed by atoms with E-state index < -0.39 is 23.9 Å². The number of carbonyl (C=O) groups is 1. The highest BCUT2D eigenvalue weighted by atomic mass is 19.4. The molecule has 1 atom stereocenters. The Balaban J connectivity index is 1.77. The second-order valence-corrected chi connectivity index (χ2v) is 7.23. The summed E-state index contributed by atoms with van der Waals surface area (Å²) in [6, 6.07) is 7.28. The SMILES string of the molecule is Cc1ccc(-c2cc(C(=O)NC(C)c3cnccn3)cc(-n3nnnc3C(F)(F)F)c2)nc1. The third-order valence-corrected chi connectivity index (χ3v) is 4.73. The van der Waals surface area contributed by atoms with Crippen LogP contribution in [0.2, 0.25) is 0 Å². The zero-order valence-corrected chi connectivity index (χ0v) is 17.4. The maximum absolute atomic E-state index is 13.4. The fourth-order valence-corrected chi connectivity index (χ4v) is 3.08. The summed E-state index contributed by atoms with van der Waals surface area (Å²) in [5.41, 5.74) is 2.40. The van der Waals surface area contributed by atoms with Gasteiger partial charge < -0.3 is 5.32 Å². The van der Waals surface area contributed by atoms with Gasteiger partial charge in [-0.2, -0.15) is 17.9 Å². The number of pyridine rings is 1. The molecule has 9 nitrogen and oxygen atoms in total. The van der Waals surface area contributed by atoms with Crippen molar-refractivity contribution < 1.29 is 18.0 Å². The monoisotopic (exact) mass is 454 g/mol. The first kappa shape index (κ1) is 22.0. The predicted molar refractivity (Wildman–Crippen MR) is 110 cm³/mol. The lowest BCUT2D eigenvalue weighted by Gasteiger charge is -2.15. The van der Waals surface area contributed by atoms with Crippen molar-refractivity contribution >= 4 is 5.91 Å². The molecule has 0 aliphatic carbocycles. The molecule has 1 unspecified atom stereocenters. The molecule has 168 valence electrons. The fraction of sp³-hybridized carbons (Fsp3) is 0.190. The Hall–Kier alpha value is -4.22. The van der Waals surface area contributed by atoms with E-state index in [1.807, 2.05) is 13.0 Å². The molecule has 4 rings (SSSR count). The van der Waals surface area contributed by atoms with E-state index in [-0.39, 0.29) is 11.3 Å². The van der Waals surface area contributed by atoms with Crippen molar-refractivity contribution in [3.05, 3.63) is 77.8 Å². The number of alkyl halides is 3. The molecule has 1 amide bonds. The molecule has 3 heterocycles. The third kappa shape index (κ3) is 4.84. The topological polar surface area (TPSA) is 111 Å². The standard InChI is InChI=1S/C21H17F3N8O/c1-12-3-4-17(27-10-12)14-7-15(19(33)28-13(2)18-11-25-5-6-26-18)9-16(8-14)32-20(21(22,23)24)29-30-31-32/h3-11,13H,1-2H3,(H,28,33). The average molecular weight is 454 g/mol. The van der Waals surface area contributed by atoms with Crippen molar-refractivity contribution in [3.63, 3.8) is 0 Å².